The molecule has 1 unspecified atom stereocenters. The van der Waals surface area contributed by atoms with Crippen LogP contribution in [0, 0.1) is 0 Å². The zero-order chi connectivity index (χ0) is 17.6. The molecular formula is C18H16N2O5. The second-order valence-corrected chi connectivity index (χ2v) is 6.14. The van der Waals surface area contributed by atoms with Crippen LogP contribution in [0.15, 0.2) is 40.8 Å². The summed E-state index contributed by atoms with van der Waals surface area (Å²) in [6.45, 7) is -0.0361. The molecule has 2 aromatic rings. The standard InChI is InChI=1S/C18H16N2O5/c1-24-15(21)14-7-6-12(25-14)10-20-16(22)18(19-17(20)23)9-8-11-4-2-3-5-13(11)18/h2-7H,8-10H2,1H3,(H,19,23). The number of furan rings is 1. The minimum atomic E-state index is -0.995. The van der Waals surface area contributed by atoms with Crippen molar-refractivity contribution in [1.29, 1.82) is 0 Å². The number of nitrogens with zero attached hydrogens (tertiary/aromatic N) is 1. The van der Waals surface area contributed by atoms with Gasteiger partial charge in [0.2, 0.25) is 5.76 Å². The van der Waals surface area contributed by atoms with Gasteiger partial charge in [-0.25, -0.2) is 9.59 Å². The highest BCUT2D eigenvalue weighted by molar-refractivity contribution is 6.08. The number of benzene rings is 1. The lowest BCUT2D eigenvalue weighted by molar-refractivity contribution is -0.132. The van der Waals surface area contributed by atoms with E-state index in [-0.39, 0.29) is 18.2 Å². The van der Waals surface area contributed by atoms with E-state index in [2.05, 4.69) is 10.1 Å². The van der Waals surface area contributed by atoms with E-state index < -0.39 is 17.5 Å². The maximum atomic E-state index is 13.0. The van der Waals surface area contributed by atoms with Crippen molar-refractivity contribution in [2.75, 3.05) is 7.11 Å². The average molecular weight is 340 g/mol. The Bertz CT molecular complexity index is 887. The first-order chi connectivity index (χ1) is 12.0. The Morgan fingerprint density at radius 3 is 2.88 bits per heavy atom. The van der Waals surface area contributed by atoms with Crippen LogP contribution < -0.4 is 5.32 Å². The number of ether oxygens (including phenoxy) is 1. The molecule has 3 amide bonds. The van der Waals surface area contributed by atoms with Gasteiger partial charge in [-0.3, -0.25) is 9.69 Å². The fraction of sp³-hybridized carbons (Fsp3) is 0.278. The summed E-state index contributed by atoms with van der Waals surface area (Å²) >= 11 is 0. The molecule has 7 heteroatoms. The third-order valence-corrected chi connectivity index (χ3v) is 4.78. The van der Waals surface area contributed by atoms with E-state index >= 15 is 0 Å². The number of rotatable bonds is 3. The first kappa shape index (κ1) is 15.4. The molecule has 0 bridgehead atoms. The SMILES string of the molecule is COC(=O)c1ccc(CN2C(=O)NC3(CCc4ccccc43)C2=O)o1. The van der Waals surface area contributed by atoms with Crippen LogP contribution in [0.1, 0.15) is 33.9 Å². The van der Waals surface area contributed by atoms with Crippen molar-refractivity contribution >= 4 is 17.9 Å². The minimum Gasteiger partial charge on any atom is -0.463 e. The van der Waals surface area contributed by atoms with E-state index in [1.165, 1.54) is 13.2 Å². The summed E-state index contributed by atoms with van der Waals surface area (Å²) in [6.07, 6.45) is 1.28. The third-order valence-electron chi connectivity index (χ3n) is 4.78. The maximum absolute atomic E-state index is 13.0. The quantitative estimate of drug-likeness (QED) is 0.681. The fourth-order valence-electron chi connectivity index (χ4n) is 3.56. The number of carbonyl (C=O) groups excluding carboxylic acids is 3. The highest BCUT2D eigenvalue weighted by Crippen LogP contribution is 2.41. The van der Waals surface area contributed by atoms with E-state index in [0.29, 0.717) is 12.2 Å². The average Bonchev–Trinajstić information content (AvgIpc) is 3.30. The number of hydrogen-bond donors (Lipinski definition) is 1. The monoisotopic (exact) mass is 340 g/mol. The molecule has 1 aromatic carbocycles. The van der Waals surface area contributed by atoms with Crippen molar-refractivity contribution in [3.05, 3.63) is 59.0 Å². The van der Waals surface area contributed by atoms with E-state index in [9.17, 15) is 14.4 Å². The van der Waals surface area contributed by atoms with E-state index in [1.807, 2.05) is 24.3 Å². The zero-order valence-electron chi connectivity index (χ0n) is 13.6. The van der Waals surface area contributed by atoms with E-state index in [0.717, 1.165) is 22.4 Å². The Morgan fingerprint density at radius 1 is 1.28 bits per heavy atom. The Kier molecular flexibility index (Phi) is 3.38. The topological polar surface area (TPSA) is 88.9 Å². The number of aryl methyl sites for hydroxylation is 1. The Balaban J connectivity index is 1.61. The lowest BCUT2D eigenvalue weighted by atomic mass is 9.92. The van der Waals surface area contributed by atoms with Crippen LogP contribution in [0.25, 0.3) is 0 Å². The number of hydrogen-bond acceptors (Lipinski definition) is 5. The van der Waals surface area contributed by atoms with Crippen LogP contribution >= 0.6 is 0 Å². The Morgan fingerprint density at radius 2 is 2.08 bits per heavy atom. The summed E-state index contributed by atoms with van der Waals surface area (Å²) in [5, 5.41) is 2.85. The van der Waals surface area contributed by atoms with Crippen LogP contribution in [-0.2, 0) is 28.0 Å². The van der Waals surface area contributed by atoms with Crippen LogP contribution in [0.4, 0.5) is 4.79 Å². The number of urea groups is 1. The van der Waals surface area contributed by atoms with Gasteiger partial charge in [0, 0.05) is 0 Å². The molecule has 1 aliphatic carbocycles. The van der Waals surface area contributed by atoms with Crippen molar-refractivity contribution in [3.63, 3.8) is 0 Å². The van der Waals surface area contributed by atoms with Gasteiger partial charge < -0.3 is 14.5 Å². The van der Waals surface area contributed by atoms with E-state index in [4.69, 9.17) is 4.42 Å². The molecule has 7 nitrogen and oxygen atoms in total. The van der Waals surface area contributed by atoms with Crippen molar-refractivity contribution in [2.24, 2.45) is 0 Å². The zero-order valence-corrected chi connectivity index (χ0v) is 13.6. The van der Waals surface area contributed by atoms with Gasteiger partial charge in [-0.05, 0) is 36.1 Å². The molecule has 128 valence electrons. The minimum absolute atomic E-state index is 0.0329. The molecule has 1 spiro atoms. The molecule has 1 aliphatic heterocycles. The van der Waals surface area contributed by atoms with Gasteiger partial charge in [0.25, 0.3) is 5.91 Å². The van der Waals surface area contributed by atoms with Gasteiger partial charge in [0.05, 0.1) is 13.7 Å². The summed E-state index contributed by atoms with van der Waals surface area (Å²) in [5.74, 6) is -0.527. The van der Waals surface area contributed by atoms with Crippen LogP contribution in [-0.4, -0.2) is 29.9 Å². The predicted octanol–water partition coefficient (Wildman–Crippen LogP) is 1.96. The number of esters is 1. The number of fused-ring (bicyclic) bond motifs is 2. The maximum Gasteiger partial charge on any atom is 0.373 e. The van der Waals surface area contributed by atoms with Gasteiger partial charge in [-0.1, -0.05) is 24.3 Å². The number of amides is 3. The molecule has 0 saturated carbocycles. The summed E-state index contributed by atoms with van der Waals surface area (Å²) in [6, 6.07) is 10.2. The summed E-state index contributed by atoms with van der Waals surface area (Å²) in [4.78, 5) is 38.0. The highest BCUT2D eigenvalue weighted by atomic mass is 16.5. The van der Waals surface area contributed by atoms with Crippen molar-refractivity contribution in [2.45, 2.75) is 24.9 Å². The van der Waals surface area contributed by atoms with Crippen molar-refractivity contribution in [1.82, 2.24) is 10.2 Å². The van der Waals surface area contributed by atoms with Gasteiger partial charge in [0.1, 0.15) is 11.3 Å². The molecule has 4 rings (SSSR count). The number of imide groups is 1. The van der Waals surface area contributed by atoms with Gasteiger partial charge >= 0.3 is 12.0 Å². The number of nitrogens with one attached hydrogen (secondary N) is 1. The molecule has 0 radical (unpaired) electrons. The fourth-order valence-corrected chi connectivity index (χ4v) is 3.56. The molecule has 25 heavy (non-hydrogen) atoms. The molecule has 2 aliphatic rings. The first-order valence-corrected chi connectivity index (χ1v) is 7.95. The predicted molar refractivity (Wildman–Crippen MR) is 85.6 cm³/mol. The normalized spacial score (nSPS) is 21.6. The molecule has 1 saturated heterocycles. The van der Waals surface area contributed by atoms with E-state index in [1.54, 1.807) is 6.07 Å². The second-order valence-electron chi connectivity index (χ2n) is 6.14. The lowest BCUT2D eigenvalue weighted by Gasteiger charge is -2.22. The number of carbonyl (C=O) groups is 3. The molecule has 1 atom stereocenters. The Hall–Kier alpha value is -3.09. The lowest BCUT2D eigenvalue weighted by Crippen LogP contribution is -2.41. The second kappa shape index (κ2) is 5.47. The summed E-state index contributed by atoms with van der Waals surface area (Å²) < 4.78 is 9.95. The summed E-state index contributed by atoms with van der Waals surface area (Å²) in [7, 11) is 1.25. The van der Waals surface area contributed by atoms with Crippen LogP contribution in [0.2, 0.25) is 0 Å². The van der Waals surface area contributed by atoms with Gasteiger partial charge in [0.15, 0.2) is 0 Å². The third kappa shape index (κ3) is 2.23. The van der Waals surface area contributed by atoms with Crippen molar-refractivity contribution < 1.29 is 23.5 Å². The smallest absolute Gasteiger partial charge is 0.373 e. The van der Waals surface area contributed by atoms with Gasteiger partial charge in [-0.15, -0.1) is 0 Å². The highest BCUT2D eigenvalue weighted by Gasteiger charge is 2.55. The van der Waals surface area contributed by atoms with Crippen LogP contribution in [0.5, 0.6) is 0 Å². The first-order valence-electron chi connectivity index (χ1n) is 7.95. The van der Waals surface area contributed by atoms with Crippen molar-refractivity contribution in [3.8, 4) is 0 Å². The van der Waals surface area contributed by atoms with Gasteiger partial charge in [-0.2, -0.15) is 0 Å². The molecule has 1 fully saturated rings. The molecule has 2 heterocycles. The largest absolute Gasteiger partial charge is 0.463 e. The number of methoxy groups -OCH3 is 1. The molecule has 1 aromatic heterocycles. The van der Waals surface area contributed by atoms with Crippen LogP contribution in [0.3, 0.4) is 0 Å². The Labute approximate surface area is 143 Å². The molecule has 1 N–H and O–H groups in total. The summed E-state index contributed by atoms with van der Waals surface area (Å²) in [5.41, 5.74) is 0.931. The molecular weight excluding hydrogens is 324 g/mol.